The predicted molar refractivity (Wildman–Crippen MR) is 87.2 cm³/mol. The minimum Gasteiger partial charge on any atom is -0.375 e. The van der Waals surface area contributed by atoms with Gasteiger partial charge in [-0.25, -0.2) is 0 Å². The molecular formula is C16H14BrN3O. The van der Waals surface area contributed by atoms with E-state index in [2.05, 4.69) is 32.6 Å². The van der Waals surface area contributed by atoms with Gasteiger partial charge in [-0.2, -0.15) is 5.26 Å². The molecule has 0 radical (unpaired) electrons. The van der Waals surface area contributed by atoms with E-state index < -0.39 is 0 Å². The average Bonchev–Trinajstić information content (AvgIpc) is 2.48. The fraction of sp³-hybridized carbons (Fsp3) is 0.125. The summed E-state index contributed by atoms with van der Waals surface area (Å²) < 4.78 is 0.754. The lowest BCUT2D eigenvalue weighted by Gasteiger charge is -2.09. The van der Waals surface area contributed by atoms with E-state index in [1.165, 1.54) is 0 Å². The molecule has 0 saturated carbocycles. The van der Waals surface area contributed by atoms with E-state index in [1.54, 1.807) is 18.2 Å². The molecule has 2 N–H and O–H groups in total. The molecule has 0 spiro atoms. The summed E-state index contributed by atoms with van der Waals surface area (Å²) in [6, 6.07) is 14.9. The molecule has 2 aromatic rings. The van der Waals surface area contributed by atoms with Crippen LogP contribution < -0.4 is 10.6 Å². The molecule has 0 aromatic heterocycles. The van der Waals surface area contributed by atoms with Crippen molar-refractivity contribution >= 4 is 33.2 Å². The molecular weight excluding hydrogens is 330 g/mol. The van der Waals surface area contributed by atoms with E-state index in [1.807, 2.05) is 31.2 Å². The van der Waals surface area contributed by atoms with Gasteiger partial charge in [0.2, 0.25) is 5.91 Å². The van der Waals surface area contributed by atoms with Gasteiger partial charge in [-0.3, -0.25) is 4.79 Å². The summed E-state index contributed by atoms with van der Waals surface area (Å²) in [5.41, 5.74) is 3.25. The Hall–Kier alpha value is -2.32. The van der Waals surface area contributed by atoms with Crippen LogP contribution >= 0.6 is 15.9 Å². The quantitative estimate of drug-likeness (QED) is 0.889. The van der Waals surface area contributed by atoms with E-state index in [0.717, 1.165) is 21.4 Å². The van der Waals surface area contributed by atoms with E-state index in [0.29, 0.717) is 5.56 Å². The number of amides is 1. The van der Waals surface area contributed by atoms with Crippen LogP contribution in [0.15, 0.2) is 46.9 Å². The highest BCUT2D eigenvalue weighted by Gasteiger charge is 2.05. The summed E-state index contributed by atoms with van der Waals surface area (Å²) in [7, 11) is 0. The number of carbonyl (C=O) groups is 1. The van der Waals surface area contributed by atoms with Crippen molar-refractivity contribution in [1.29, 1.82) is 5.26 Å². The first-order chi connectivity index (χ1) is 10.1. The van der Waals surface area contributed by atoms with E-state index >= 15 is 0 Å². The molecule has 0 aliphatic rings. The molecule has 5 heteroatoms. The fourth-order valence-corrected chi connectivity index (χ4v) is 2.26. The highest BCUT2D eigenvalue weighted by Crippen LogP contribution is 2.23. The molecule has 0 fully saturated rings. The minimum absolute atomic E-state index is 0.130. The number of nitrogens with one attached hydrogen (secondary N) is 2. The lowest BCUT2D eigenvalue weighted by atomic mass is 10.2. The second-order valence-electron chi connectivity index (χ2n) is 4.57. The molecule has 21 heavy (non-hydrogen) atoms. The number of anilines is 2. The Morgan fingerprint density at radius 1 is 1.24 bits per heavy atom. The first-order valence-corrected chi connectivity index (χ1v) is 7.18. The SMILES string of the molecule is Cc1ccc(NC(=O)CNc2ccc(C#N)cc2Br)cc1. The number of halogens is 1. The Kier molecular flexibility index (Phi) is 4.96. The van der Waals surface area contributed by atoms with Crippen molar-refractivity contribution < 1.29 is 4.79 Å². The van der Waals surface area contributed by atoms with Crippen LogP contribution in [-0.4, -0.2) is 12.5 Å². The maximum absolute atomic E-state index is 11.9. The molecule has 0 atom stereocenters. The van der Waals surface area contributed by atoms with E-state index in [4.69, 9.17) is 5.26 Å². The predicted octanol–water partition coefficient (Wildman–Crippen LogP) is 3.68. The summed E-state index contributed by atoms with van der Waals surface area (Å²) in [5.74, 6) is -0.130. The molecule has 0 aliphatic carbocycles. The Morgan fingerprint density at radius 2 is 1.95 bits per heavy atom. The summed E-state index contributed by atoms with van der Waals surface area (Å²) in [4.78, 5) is 11.9. The van der Waals surface area contributed by atoms with Crippen LogP contribution in [0.1, 0.15) is 11.1 Å². The van der Waals surface area contributed by atoms with Gasteiger partial charge in [-0.05, 0) is 53.2 Å². The van der Waals surface area contributed by atoms with Crippen LogP contribution in [0.2, 0.25) is 0 Å². The Balaban J connectivity index is 1.92. The third kappa shape index (κ3) is 4.33. The zero-order chi connectivity index (χ0) is 15.2. The molecule has 2 rings (SSSR count). The molecule has 0 saturated heterocycles. The zero-order valence-electron chi connectivity index (χ0n) is 11.5. The fourth-order valence-electron chi connectivity index (χ4n) is 1.75. The maximum atomic E-state index is 11.9. The van der Waals surface area contributed by atoms with Crippen LogP contribution in [0.4, 0.5) is 11.4 Å². The molecule has 0 heterocycles. The van der Waals surface area contributed by atoms with Gasteiger partial charge in [-0.1, -0.05) is 17.7 Å². The van der Waals surface area contributed by atoms with Crippen molar-refractivity contribution in [2.45, 2.75) is 6.92 Å². The van der Waals surface area contributed by atoms with Crippen molar-refractivity contribution in [1.82, 2.24) is 0 Å². The Bertz CT molecular complexity index is 690. The second kappa shape index (κ2) is 6.91. The minimum atomic E-state index is -0.130. The molecule has 0 aliphatic heterocycles. The molecule has 106 valence electrons. The normalized spacial score (nSPS) is 9.76. The van der Waals surface area contributed by atoms with Crippen LogP contribution in [0.25, 0.3) is 0 Å². The molecule has 1 amide bonds. The van der Waals surface area contributed by atoms with Crippen LogP contribution in [0, 0.1) is 18.3 Å². The van der Waals surface area contributed by atoms with Gasteiger partial charge in [0.15, 0.2) is 0 Å². The number of hydrogen-bond acceptors (Lipinski definition) is 3. The standard InChI is InChI=1S/C16H14BrN3O/c1-11-2-5-13(6-3-11)20-16(21)10-19-15-7-4-12(9-18)8-14(15)17/h2-8,19H,10H2,1H3,(H,20,21). The smallest absolute Gasteiger partial charge is 0.243 e. The lowest BCUT2D eigenvalue weighted by molar-refractivity contribution is -0.114. The van der Waals surface area contributed by atoms with Crippen LogP contribution in [0.3, 0.4) is 0 Å². The summed E-state index contributed by atoms with van der Waals surface area (Å²) >= 11 is 3.37. The number of hydrogen-bond donors (Lipinski definition) is 2. The summed E-state index contributed by atoms with van der Waals surface area (Å²) in [6.45, 7) is 2.15. The van der Waals surface area contributed by atoms with Gasteiger partial charge < -0.3 is 10.6 Å². The maximum Gasteiger partial charge on any atom is 0.243 e. The molecule has 2 aromatic carbocycles. The molecule has 0 unspecified atom stereocenters. The Labute approximate surface area is 131 Å². The monoisotopic (exact) mass is 343 g/mol. The number of carbonyl (C=O) groups excluding carboxylic acids is 1. The average molecular weight is 344 g/mol. The Morgan fingerprint density at radius 3 is 2.57 bits per heavy atom. The number of nitriles is 1. The van der Waals surface area contributed by atoms with Crippen molar-refractivity contribution in [3.05, 3.63) is 58.1 Å². The third-order valence-corrected chi connectivity index (χ3v) is 3.53. The topological polar surface area (TPSA) is 64.9 Å². The van der Waals surface area contributed by atoms with Gasteiger partial charge in [-0.15, -0.1) is 0 Å². The number of aryl methyl sites for hydroxylation is 1. The summed E-state index contributed by atoms with van der Waals surface area (Å²) in [5, 5.41) is 14.6. The highest BCUT2D eigenvalue weighted by molar-refractivity contribution is 9.10. The summed E-state index contributed by atoms with van der Waals surface area (Å²) in [6.07, 6.45) is 0. The first kappa shape index (κ1) is 15.1. The number of benzene rings is 2. The van der Waals surface area contributed by atoms with Gasteiger partial charge in [0.05, 0.1) is 18.2 Å². The van der Waals surface area contributed by atoms with Gasteiger partial charge in [0.1, 0.15) is 0 Å². The van der Waals surface area contributed by atoms with Crippen LogP contribution in [-0.2, 0) is 4.79 Å². The number of nitrogens with zero attached hydrogens (tertiary/aromatic N) is 1. The van der Waals surface area contributed by atoms with Crippen molar-refractivity contribution in [3.8, 4) is 6.07 Å². The molecule has 0 bridgehead atoms. The molecule has 4 nitrogen and oxygen atoms in total. The van der Waals surface area contributed by atoms with Crippen molar-refractivity contribution in [2.24, 2.45) is 0 Å². The van der Waals surface area contributed by atoms with Gasteiger partial charge in [0.25, 0.3) is 0 Å². The third-order valence-electron chi connectivity index (χ3n) is 2.87. The van der Waals surface area contributed by atoms with Crippen LogP contribution in [0.5, 0.6) is 0 Å². The lowest BCUT2D eigenvalue weighted by Crippen LogP contribution is -2.21. The highest BCUT2D eigenvalue weighted by atomic mass is 79.9. The second-order valence-corrected chi connectivity index (χ2v) is 5.43. The van der Waals surface area contributed by atoms with E-state index in [-0.39, 0.29) is 12.5 Å². The zero-order valence-corrected chi connectivity index (χ0v) is 13.1. The van der Waals surface area contributed by atoms with E-state index in [9.17, 15) is 4.79 Å². The largest absolute Gasteiger partial charge is 0.375 e. The van der Waals surface area contributed by atoms with Crippen molar-refractivity contribution in [2.75, 3.05) is 17.2 Å². The van der Waals surface area contributed by atoms with Gasteiger partial charge >= 0.3 is 0 Å². The first-order valence-electron chi connectivity index (χ1n) is 6.38. The van der Waals surface area contributed by atoms with Gasteiger partial charge in [0, 0.05) is 15.8 Å². The van der Waals surface area contributed by atoms with Crippen molar-refractivity contribution in [3.63, 3.8) is 0 Å². The number of rotatable bonds is 4.